The maximum absolute atomic E-state index is 6.63. The van der Waals surface area contributed by atoms with Crippen LogP contribution in [0.1, 0.15) is 58.5 Å². The van der Waals surface area contributed by atoms with Crippen molar-refractivity contribution in [1.82, 2.24) is 9.55 Å². The molecule has 3 aromatic heterocycles. The second-order valence-electron chi connectivity index (χ2n) is 13.0. The smallest absolute Gasteiger partial charge is 0.293 e. The molecule has 6 aromatic rings. The van der Waals surface area contributed by atoms with Crippen molar-refractivity contribution in [2.24, 2.45) is 14.1 Å². The minimum absolute atomic E-state index is 0.0387. The molecule has 0 bridgehead atoms. The highest BCUT2D eigenvalue weighted by Gasteiger charge is 2.28. The summed E-state index contributed by atoms with van der Waals surface area (Å²) in [7, 11) is 4.28. The Hall–Kier alpha value is -3.92. The number of pyridine rings is 1. The molecule has 0 radical (unpaired) electrons. The molecule has 0 aliphatic rings. The summed E-state index contributed by atoms with van der Waals surface area (Å²) in [6, 6.07) is 24.1. The first-order chi connectivity index (χ1) is 18.3. The Labute approximate surface area is 230 Å². The van der Waals surface area contributed by atoms with Gasteiger partial charge in [0.05, 0.1) is 14.1 Å². The second-order valence-corrected chi connectivity index (χ2v) is 13.0. The summed E-state index contributed by atoms with van der Waals surface area (Å²) in [5.74, 6) is 1.14. The Morgan fingerprint density at radius 1 is 0.769 bits per heavy atom. The average Bonchev–Trinajstić information content (AvgIpc) is 3.37. The van der Waals surface area contributed by atoms with E-state index in [9.17, 15) is 0 Å². The molecule has 0 amide bonds. The predicted octanol–water partition coefficient (Wildman–Crippen LogP) is 8.53. The van der Waals surface area contributed by atoms with Gasteiger partial charge >= 0.3 is 0 Å². The summed E-state index contributed by atoms with van der Waals surface area (Å²) in [6.45, 7) is 15.6. The van der Waals surface area contributed by atoms with Gasteiger partial charge < -0.3 is 4.42 Å². The molecule has 39 heavy (non-hydrogen) atoms. The van der Waals surface area contributed by atoms with Crippen molar-refractivity contribution in [3.8, 4) is 22.5 Å². The zero-order valence-electron chi connectivity index (χ0n) is 24.6. The first-order valence-electron chi connectivity index (χ1n) is 13.8. The lowest BCUT2D eigenvalue weighted by Gasteiger charge is -2.25. The monoisotopic (exact) mass is 516 g/mol. The lowest BCUT2D eigenvalue weighted by atomic mass is 9.85. The van der Waals surface area contributed by atoms with Gasteiger partial charge in [-0.2, -0.15) is 0 Å². The molecule has 3 heterocycles. The molecule has 0 saturated heterocycles. The Morgan fingerprint density at radius 2 is 1.44 bits per heavy atom. The number of benzene rings is 3. The normalized spacial score (nSPS) is 12.7. The Balaban J connectivity index is 1.60. The number of furan rings is 1. The van der Waals surface area contributed by atoms with E-state index in [4.69, 9.17) is 9.40 Å². The van der Waals surface area contributed by atoms with Gasteiger partial charge in [0, 0.05) is 33.0 Å². The SMILES string of the molecule is Cc1ccc2c(oc3ccc(-c4cc(C(C)(C)C)nc(C(C)(C)C)c4)cc32)c1-c1n(C)c2ccccc2[n+]1C. The number of hydrogen-bond donors (Lipinski definition) is 0. The van der Waals surface area contributed by atoms with Crippen molar-refractivity contribution in [2.45, 2.75) is 59.3 Å². The maximum atomic E-state index is 6.63. The van der Waals surface area contributed by atoms with Crippen LogP contribution in [0.3, 0.4) is 0 Å². The third-order valence-corrected chi connectivity index (χ3v) is 8.01. The lowest BCUT2D eigenvalue weighted by Crippen LogP contribution is -2.30. The van der Waals surface area contributed by atoms with E-state index in [0.717, 1.165) is 44.7 Å². The third-order valence-electron chi connectivity index (χ3n) is 8.01. The maximum Gasteiger partial charge on any atom is 0.293 e. The Morgan fingerprint density at radius 3 is 2.08 bits per heavy atom. The first-order valence-corrected chi connectivity index (χ1v) is 13.8. The van der Waals surface area contributed by atoms with Crippen LogP contribution in [0.25, 0.3) is 55.5 Å². The number of rotatable bonds is 2. The number of nitrogens with zero attached hydrogens (tertiary/aromatic N) is 3. The van der Waals surface area contributed by atoms with Crippen molar-refractivity contribution in [2.75, 3.05) is 0 Å². The molecule has 3 aromatic carbocycles. The molecular weight excluding hydrogens is 478 g/mol. The summed E-state index contributed by atoms with van der Waals surface area (Å²) in [5.41, 5.74) is 11.1. The number of fused-ring (bicyclic) bond motifs is 4. The minimum atomic E-state index is -0.0387. The van der Waals surface area contributed by atoms with E-state index < -0.39 is 0 Å². The predicted molar refractivity (Wildman–Crippen MR) is 162 cm³/mol. The fourth-order valence-corrected chi connectivity index (χ4v) is 5.68. The molecular formula is C35H38N3O+. The van der Waals surface area contributed by atoms with Crippen LogP contribution in [0.4, 0.5) is 0 Å². The average molecular weight is 517 g/mol. The molecule has 4 nitrogen and oxygen atoms in total. The van der Waals surface area contributed by atoms with E-state index in [0.29, 0.717) is 0 Å². The van der Waals surface area contributed by atoms with Gasteiger partial charge in [0.25, 0.3) is 5.82 Å². The van der Waals surface area contributed by atoms with E-state index >= 15 is 0 Å². The summed E-state index contributed by atoms with van der Waals surface area (Å²) in [5, 5.41) is 2.27. The van der Waals surface area contributed by atoms with Crippen molar-refractivity contribution in [3.05, 3.63) is 83.7 Å². The van der Waals surface area contributed by atoms with Crippen molar-refractivity contribution < 1.29 is 8.98 Å². The molecule has 4 heteroatoms. The number of hydrogen-bond acceptors (Lipinski definition) is 2. The van der Waals surface area contributed by atoms with Gasteiger partial charge in [0.2, 0.25) is 0 Å². The van der Waals surface area contributed by atoms with Gasteiger partial charge in [-0.15, -0.1) is 0 Å². The quantitative estimate of drug-likeness (QED) is 0.216. The van der Waals surface area contributed by atoms with Gasteiger partial charge in [-0.1, -0.05) is 71.9 Å². The summed E-state index contributed by atoms with van der Waals surface area (Å²) in [6.07, 6.45) is 0. The summed E-state index contributed by atoms with van der Waals surface area (Å²) >= 11 is 0. The fourth-order valence-electron chi connectivity index (χ4n) is 5.68. The topological polar surface area (TPSA) is 34.8 Å². The molecule has 6 rings (SSSR count). The molecule has 0 aliphatic heterocycles. The highest BCUT2D eigenvalue weighted by molar-refractivity contribution is 6.10. The van der Waals surface area contributed by atoms with Crippen molar-refractivity contribution in [1.29, 1.82) is 0 Å². The second kappa shape index (κ2) is 8.54. The van der Waals surface area contributed by atoms with Gasteiger partial charge in [0.1, 0.15) is 11.1 Å². The zero-order chi connectivity index (χ0) is 27.9. The van der Waals surface area contributed by atoms with Crippen LogP contribution < -0.4 is 4.57 Å². The molecule has 0 atom stereocenters. The fraction of sp³-hybridized carbons (Fsp3) is 0.314. The van der Waals surface area contributed by atoms with E-state index in [1.807, 2.05) is 0 Å². The van der Waals surface area contributed by atoms with Crippen molar-refractivity contribution in [3.63, 3.8) is 0 Å². The third kappa shape index (κ3) is 4.05. The molecule has 0 fully saturated rings. The highest BCUT2D eigenvalue weighted by atomic mass is 16.3. The van der Waals surface area contributed by atoms with E-state index in [1.165, 1.54) is 27.7 Å². The van der Waals surface area contributed by atoms with Crippen LogP contribution in [0.2, 0.25) is 0 Å². The lowest BCUT2D eigenvalue weighted by molar-refractivity contribution is -0.634. The van der Waals surface area contributed by atoms with Gasteiger partial charge in [-0.05, 0) is 60.0 Å². The summed E-state index contributed by atoms with van der Waals surface area (Å²) < 4.78 is 11.2. The number of para-hydroxylation sites is 2. The molecule has 0 aliphatic carbocycles. The van der Waals surface area contributed by atoms with Gasteiger partial charge in [-0.25, -0.2) is 9.13 Å². The molecule has 198 valence electrons. The Kier molecular flexibility index (Phi) is 5.55. The largest absolute Gasteiger partial charge is 0.455 e. The van der Waals surface area contributed by atoms with Crippen LogP contribution in [0.15, 0.2) is 71.1 Å². The number of aryl methyl sites for hydroxylation is 3. The van der Waals surface area contributed by atoms with Crippen LogP contribution in [0, 0.1) is 6.92 Å². The van der Waals surface area contributed by atoms with Gasteiger partial charge in [0.15, 0.2) is 16.6 Å². The summed E-state index contributed by atoms with van der Waals surface area (Å²) in [4.78, 5) is 5.07. The molecule has 0 N–H and O–H groups in total. The Bertz CT molecular complexity index is 1830. The molecule has 0 spiro atoms. The van der Waals surface area contributed by atoms with E-state index in [1.54, 1.807) is 0 Å². The first kappa shape index (κ1) is 25.4. The van der Waals surface area contributed by atoms with Crippen LogP contribution in [-0.2, 0) is 24.9 Å². The minimum Gasteiger partial charge on any atom is -0.455 e. The highest BCUT2D eigenvalue weighted by Crippen LogP contribution is 2.40. The number of aromatic nitrogens is 3. The van der Waals surface area contributed by atoms with E-state index in [-0.39, 0.29) is 10.8 Å². The molecule has 0 unspecified atom stereocenters. The van der Waals surface area contributed by atoms with Crippen LogP contribution >= 0.6 is 0 Å². The van der Waals surface area contributed by atoms with Gasteiger partial charge in [-0.3, -0.25) is 4.98 Å². The molecule has 0 saturated carbocycles. The van der Waals surface area contributed by atoms with Crippen LogP contribution in [-0.4, -0.2) is 9.55 Å². The standard InChI is InChI=1S/C35H38N3O/c1-21-14-16-24-25-18-22(23-19-29(34(2,3)4)36-30(20-23)35(5,6)7)15-17-28(25)39-32(24)31(21)33-37(8)26-12-10-11-13-27(26)38(33)9/h10-20H,1-9H3/q+1. The van der Waals surface area contributed by atoms with Crippen LogP contribution in [0.5, 0.6) is 0 Å². The van der Waals surface area contributed by atoms with E-state index in [2.05, 4.69) is 138 Å². The van der Waals surface area contributed by atoms with Crippen molar-refractivity contribution >= 4 is 33.0 Å². The zero-order valence-corrected chi connectivity index (χ0v) is 24.6. The number of imidazole rings is 1.